The lowest BCUT2D eigenvalue weighted by Crippen LogP contribution is -2.34. The Balaban J connectivity index is 2.29. The van der Waals surface area contributed by atoms with Crippen LogP contribution in [-0.4, -0.2) is 36.8 Å². The molecule has 0 radical (unpaired) electrons. The molecule has 0 aromatic carbocycles. The van der Waals surface area contributed by atoms with Crippen LogP contribution in [0, 0.1) is 0 Å². The molecule has 1 rings (SSSR count). The molecule has 0 saturated carbocycles. The van der Waals surface area contributed by atoms with Crippen molar-refractivity contribution in [2.45, 2.75) is 18.6 Å². The largest absolute Gasteiger partial charge is 0.401 e. The molecule has 1 unspecified atom stereocenters. The van der Waals surface area contributed by atoms with Crippen LogP contribution in [0.4, 0.5) is 13.2 Å². The van der Waals surface area contributed by atoms with Crippen molar-refractivity contribution in [3.8, 4) is 0 Å². The minimum absolute atomic E-state index is 0.0719. The van der Waals surface area contributed by atoms with Gasteiger partial charge in [0.15, 0.2) is 0 Å². The van der Waals surface area contributed by atoms with Crippen LogP contribution < -0.4 is 5.73 Å². The zero-order valence-electron chi connectivity index (χ0n) is 6.06. The number of alkyl halides is 3. The first-order chi connectivity index (χ1) is 4.97. The maximum absolute atomic E-state index is 11.8. The lowest BCUT2D eigenvalue weighted by Gasteiger charge is -2.16. The van der Waals surface area contributed by atoms with Crippen molar-refractivity contribution in [3.05, 3.63) is 0 Å². The first kappa shape index (κ1) is 8.80. The fourth-order valence-corrected chi connectivity index (χ4v) is 1.26. The number of hydrogen-bond acceptors (Lipinski definition) is 2. The SMILES string of the molecule is NC1CCN(CC(F)(F)F)C1. The molecule has 0 amide bonds. The average Bonchev–Trinajstić information content (AvgIpc) is 2.10. The van der Waals surface area contributed by atoms with E-state index in [1.807, 2.05) is 0 Å². The van der Waals surface area contributed by atoms with Crippen LogP contribution in [0.25, 0.3) is 0 Å². The van der Waals surface area contributed by atoms with Crippen LogP contribution in [0.3, 0.4) is 0 Å². The zero-order valence-corrected chi connectivity index (χ0v) is 6.06. The van der Waals surface area contributed by atoms with Gasteiger partial charge in [-0.3, -0.25) is 4.90 Å². The summed E-state index contributed by atoms with van der Waals surface area (Å²) in [7, 11) is 0. The Kier molecular flexibility index (Phi) is 2.39. The third kappa shape index (κ3) is 3.07. The van der Waals surface area contributed by atoms with Gasteiger partial charge in [-0.15, -0.1) is 0 Å². The van der Waals surface area contributed by atoms with Gasteiger partial charge < -0.3 is 5.73 Å². The van der Waals surface area contributed by atoms with Gasteiger partial charge in [0.05, 0.1) is 6.54 Å². The monoisotopic (exact) mass is 168 g/mol. The summed E-state index contributed by atoms with van der Waals surface area (Å²) in [5.74, 6) is 0. The van der Waals surface area contributed by atoms with E-state index in [0.717, 1.165) is 0 Å². The molecular formula is C6H11F3N2. The Hall–Kier alpha value is -0.290. The summed E-state index contributed by atoms with van der Waals surface area (Å²) >= 11 is 0. The third-order valence-corrected chi connectivity index (χ3v) is 1.71. The Bertz CT molecular complexity index is 134. The van der Waals surface area contributed by atoms with E-state index >= 15 is 0 Å². The second kappa shape index (κ2) is 2.98. The minimum Gasteiger partial charge on any atom is -0.326 e. The van der Waals surface area contributed by atoms with E-state index in [-0.39, 0.29) is 6.04 Å². The summed E-state index contributed by atoms with van der Waals surface area (Å²) in [5.41, 5.74) is 5.43. The van der Waals surface area contributed by atoms with Crippen molar-refractivity contribution in [1.29, 1.82) is 0 Å². The van der Waals surface area contributed by atoms with Gasteiger partial charge in [0.1, 0.15) is 0 Å². The number of nitrogens with two attached hydrogens (primary N) is 1. The predicted molar refractivity (Wildman–Crippen MR) is 35.1 cm³/mol. The van der Waals surface area contributed by atoms with Gasteiger partial charge in [-0.1, -0.05) is 0 Å². The van der Waals surface area contributed by atoms with E-state index in [1.165, 1.54) is 4.90 Å². The van der Waals surface area contributed by atoms with Crippen LogP contribution in [0.1, 0.15) is 6.42 Å². The van der Waals surface area contributed by atoms with Gasteiger partial charge in [-0.05, 0) is 6.42 Å². The van der Waals surface area contributed by atoms with Gasteiger partial charge >= 0.3 is 6.18 Å². The first-order valence-electron chi connectivity index (χ1n) is 3.52. The normalized spacial score (nSPS) is 27.8. The number of nitrogens with zero attached hydrogens (tertiary/aromatic N) is 1. The highest BCUT2D eigenvalue weighted by Crippen LogP contribution is 2.19. The van der Waals surface area contributed by atoms with Crippen molar-refractivity contribution in [3.63, 3.8) is 0 Å². The molecule has 0 spiro atoms. The molecule has 5 heteroatoms. The fourth-order valence-electron chi connectivity index (χ4n) is 1.26. The van der Waals surface area contributed by atoms with Crippen molar-refractivity contribution >= 4 is 0 Å². The second-order valence-corrected chi connectivity index (χ2v) is 2.90. The highest BCUT2D eigenvalue weighted by molar-refractivity contribution is 4.78. The van der Waals surface area contributed by atoms with E-state index in [1.54, 1.807) is 0 Å². The molecule has 1 atom stereocenters. The standard InChI is InChI=1S/C6H11F3N2/c7-6(8,9)4-11-2-1-5(10)3-11/h5H,1-4,10H2. The molecule has 0 aliphatic carbocycles. The molecule has 66 valence electrons. The van der Waals surface area contributed by atoms with E-state index in [9.17, 15) is 13.2 Å². The van der Waals surface area contributed by atoms with Gasteiger partial charge in [-0.25, -0.2) is 0 Å². The highest BCUT2D eigenvalue weighted by atomic mass is 19.4. The van der Waals surface area contributed by atoms with Gasteiger partial charge in [0, 0.05) is 19.1 Å². The van der Waals surface area contributed by atoms with E-state index in [0.29, 0.717) is 19.5 Å². The molecule has 0 bridgehead atoms. The van der Waals surface area contributed by atoms with Gasteiger partial charge in [0.25, 0.3) is 0 Å². The summed E-state index contributed by atoms with van der Waals surface area (Å²) < 4.78 is 35.3. The molecular weight excluding hydrogens is 157 g/mol. The summed E-state index contributed by atoms with van der Waals surface area (Å²) in [6.07, 6.45) is -3.40. The summed E-state index contributed by atoms with van der Waals surface area (Å²) in [6, 6.07) is -0.0719. The molecule has 1 fully saturated rings. The maximum atomic E-state index is 11.8. The van der Waals surface area contributed by atoms with Crippen LogP contribution in [0.5, 0.6) is 0 Å². The second-order valence-electron chi connectivity index (χ2n) is 2.90. The molecule has 1 saturated heterocycles. The molecule has 2 N–H and O–H groups in total. The molecule has 1 heterocycles. The molecule has 2 nitrogen and oxygen atoms in total. The lowest BCUT2D eigenvalue weighted by atomic mass is 10.3. The maximum Gasteiger partial charge on any atom is 0.401 e. The molecule has 0 aromatic rings. The minimum atomic E-state index is -4.08. The number of likely N-dealkylation sites (tertiary alicyclic amines) is 1. The van der Waals surface area contributed by atoms with E-state index in [2.05, 4.69) is 0 Å². The zero-order chi connectivity index (χ0) is 8.48. The third-order valence-electron chi connectivity index (χ3n) is 1.71. The van der Waals surface area contributed by atoms with Crippen molar-refractivity contribution < 1.29 is 13.2 Å². The van der Waals surface area contributed by atoms with Gasteiger partial charge in [0.2, 0.25) is 0 Å². The molecule has 0 aromatic heterocycles. The van der Waals surface area contributed by atoms with Crippen molar-refractivity contribution in [1.82, 2.24) is 4.90 Å². The smallest absolute Gasteiger partial charge is 0.326 e. The highest BCUT2D eigenvalue weighted by Gasteiger charge is 2.33. The Morgan fingerprint density at radius 3 is 2.45 bits per heavy atom. The van der Waals surface area contributed by atoms with E-state index in [4.69, 9.17) is 5.73 Å². The Labute approximate surface area is 63.2 Å². The molecule has 11 heavy (non-hydrogen) atoms. The predicted octanol–water partition coefficient (Wildman–Crippen LogP) is 0.582. The quantitative estimate of drug-likeness (QED) is 0.620. The number of rotatable bonds is 1. The Morgan fingerprint density at radius 1 is 1.45 bits per heavy atom. The average molecular weight is 168 g/mol. The van der Waals surface area contributed by atoms with E-state index < -0.39 is 12.7 Å². The van der Waals surface area contributed by atoms with Crippen LogP contribution in [0.2, 0.25) is 0 Å². The Morgan fingerprint density at radius 2 is 2.09 bits per heavy atom. The summed E-state index contributed by atoms with van der Waals surface area (Å²) in [5, 5.41) is 0. The van der Waals surface area contributed by atoms with Crippen LogP contribution in [-0.2, 0) is 0 Å². The summed E-state index contributed by atoms with van der Waals surface area (Å²) in [4.78, 5) is 1.34. The molecule has 1 aliphatic rings. The first-order valence-corrected chi connectivity index (χ1v) is 3.52. The topological polar surface area (TPSA) is 29.3 Å². The number of hydrogen-bond donors (Lipinski definition) is 1. The lowest BCUT2D eigenvalue weighted by molar-refractivity contribution is -0.143. The van der Waals surface area contributed by atoms with Crippen LogP contribution >= 0.6 is 0 Å². The molecule has 1 aliphatic heterocycles. The van der Waals surface area contributed by atoms with Crippen molar-refractivity contribution in [2.24, 2.45) is 5.73 Å². The van der Waals surface area contributed by atoms with Gasteiger partial charge in [-0.2, -0.15) is 13.2 Å². The van der Waals surface area contributed by atoms with Crippen LogP contribution in [0.15, 0.2) is 0 Å². The number of halogens is 3. The summed E-state index contributed by atoms with van der Waals surface area (Å²) in [6.45, 7) is 0.0287. The van der Waals surface area contributed by atoms with Crippen molar-refractivity contribution in [2.75, 3.05) is 19.6 Å². The fraction of sp³-hybridized carbons (Fsp3) is 1.00.